The van der Waals surface area contributed by atoms with Crippen molar-refractivity contribution in [3.05, 3.63) is 59.7 Å². The summed E-state index contributed by atoms with van der Waals surface area (Å²) in [6, 6.07) is 13.3. The number of hydrogen-bond donors (Lipinski definition) is 6. The van der Waals surface area contributed by atoms with E-state index in [1.165, 1.54) is 12.1 Å². The molecule has 23 heavy (non-hydrogen) atoms. The van der Waals surface area contributed by atoms with E-state index in [1.54, 1.807) is 50.2 Å². The van der Waals surface area contributed by atoms with Crippen molar-refractivity contribution in [3.63, 3.8) is 0 Å². The van der Waals surface area contributed by atoms with Gasteiger partial charge in [-0.3, -0.25) is 0 Å². The van der Waals surface area contributed by atoms with E-state index < -0.39 is 15.9 Å². The molecule has 2 aromatic rings. The normalized spacial score (nSPS) is 11.1. The maximum atomic E-state index is 8.89. The summed E-state index contributed by atoms with van der Waals surface area (Å²) in [4.78, 5) is 53.4. The van der Waals surface area contributed by atoms with Crippen LogP contribution in [0.25, 0.3) is 0 Å². The fourth-order valence-electron chi connectivity index (χ4n) is 1.80. The van der Waals surface area contributed by atoms with E-state index in [1.807, 2.05) is 0 Å². The minimum Gasteiger partial charge on any atom is -0.189 e. The smallest absolute Gasteiger partial charge is 0.189 e. The van der Waals surface area contributed by atoms with Crippen LogP contribution in [-0.2, 0) is 16.5 Å². The van der Waals surface area contributed by atoms with Crippen molar-refractivity contribution >= 4 is 26.5 Å². The average Bonchev–Trinajstić information content (AvgIpc) is 2.37. The van der Waals surface area contributed by atoms with Crippen LogP contribution in [0.3, 0.4) is 0 Å². The van der Waals surface area contributed by atoms with Crippen LogP contribution in [0.15, 0.2) is 48.5 Å². The van der Waals surface area contributed by atoms with Crippen molar-refractivity contribution in [2.24, 2.45) is 0 Å². The molecule has 0 atom stereocenters. The second kappa shape index (κ2) is 9.15. The molecular weight excluding hydrogens is 385 g/mol. The van der Waals surface area contributed by atoms with Crippen LogP contribution in [0, 0.1) is 13.8 Å². The maximum Gasteiger partial charge on any atom is 0.441 e. The van der Waals surface area contributed by atoms with Gasteiger partial charge in [0, 0.05) is 16.5 Å². The molecule has 0 amide bonds. The van der Waals surface area contributed by atoms with Crippen LogP contribution >= 0.6 is 15.9 Å². The van der Waals surface area contributed by atoms with Crippen molar-refractivity contribution in [3.8, 4) is 0 Å². The molecule has 0 saturated carbocycles. The number of hydrogen-bond acceptors (Lipinski definition) is 6. The molecule has 0 bridgehead atoms. The third-order valence-electron chi connectivity index (χ3n) is 2.88. The van der Waals surface area contributed by atoms with Crippen molar-refractivity contribution < 1.29 is 45.9 Å². The Morgan fingerprint density at radius 1 is 0.565 bits per heavy atom. The molecule has 0 saturated heterocycles. The van der Waals surface area contributed by atoms with Crippen LogP contribution in [0.5, 0.6) is 0 Å². The molecule has 6 nitrogen and oxygen atoms in total. The van der Waals surface area contributed by atoms with Crippen molar-refractivity contribution in [1.82, 2.24) is 0 Å². The Hall–Kier alpha value is -0.446. The summed E-state index contributed by atoms with van der Waals surface area (Å²) in [5, 5.41) is 0.444. The molecule has 9 heteroatoms. The average molecular weight is 405 g/mol. The van der Waals surface area contributed by atoms with Gasteiger partial charge in [-0.2, -0.15) is 29.4 Å². The molecule has 130 valence electrons. The summed E-state index contributed by atoms with van der Waals surface area (Å²) in [5.41, 5.74) is 1.38. The SMILES string of the molecule is Cc1ccccc1[P+](O)(O)O.Cc1ccccc1[P+](O)(O)O.[Ni]. The van der Waals surface area contributed by atoms with E-state index in [0.717, 1.165) is 0 Å². The zero-order chi connectivity index (χ0) is 17.0. The minimum absolute atomic E-state index is 0. The Balaban J connectivity index is 0.000000403. The van der Waals surface area contributed by atoms with E-state index in [9.17, 15) is 0 Å². The maximum absolute atomic E-state index is 8.89. The standard InChI is InChI=1S/2C7H10O3P.Ni/c2*1-6-4-2-3-5-7(6)11(8,9)10;/h2*2-5,8-10H,1H3;/q2*+1;. The first-order valence-corrected chi connectivity index (χ1v) is 9.60. The molecule has 0 aliphatic carbocycles. The van der Waals surface area contributed by atoms with E-state index in [0.29, 0.717) is 11.1 Å². The van der Waals surface area contributed by atoms with Gasteiger partial charge in [0.05, 0.1) is 0 Å². The topological polar surface area (TPSA) is 121 Å². The fourth-order valence-corrected chi connectivity index (χ4v) is 3.47. The molecule has 0 heterocycles. The van der Waals surface area contributed by atoms with Gasteiger partial charge in [0.15, 0.2) is 10.6 Å². The van der Waals surface area contributed by atoms with Gasteiger partial charge in [0.2, 0.25) is 0 Å². The predicted molar refractivity (Wildman–Crippen MR) is 88.8 cm³/mol. The molecular formula is C14H20NiO6P2+2. The molecule has 0 aliphatic heterocycles. The van der Waals surface area contributed by atoms with E-state index in [2.05, 4.69) is 0 Å². The van der Waals surface area contributed by atoms with Gasteiger partial charge in [-0.25, -0.2) is 0 Å². The summed E-state index contributed by atoms with van der Waals surface area (Å²) in [7, 11) is -7.61. The molecule has 2 aromatic carbocycles. The Labute approximate surface area is 146 Å². The summed E-state index contributed by atoms with van der Waals surface area (Å²) >= 11 is 0. The second-order valence-electron chi connectivity index (χ2n) is 4.71. The Morgan fingerprint density at radius 3 is 1.00 bits per heavy atom. The Morgan fingerprint density at radius 2 is 0.826 bits per heavy atom. The van der Waals surface area contributed by atoms with Gasteiger partial charge >= 0.3 is 15.9 Å². The van der Waals surface area contributed by atoms with Crippen LogP contribution in [-0.4, -0.2) is 29.4 Å². The summed E-state index contributed by atoms with van der Waals surface area (Å²) in [5.74, 6) is 0. The summed E-state index contributed by atoms with van der Waals surface area (Å²) in [6.07, 6.45) is 0. The monoisotopic (exact) mass is 404 g/mol. The Bertz CT molecular complexity index is 570. The molecule has 0 unspecified atom stereocenters. The third-order valence-corrected chi connectivity index (χ3v) is 5.17. The van der Waals surface area contributed by atoms with Gasteiger partial charge in [-0.15, -0.1) is 0 Å². The summed E-state index contributed by atoms with van der Waals surface area (Å²) in [6.45, 7) is 3.43. The molecule has 0 aromatic heterocycles. The number of aryl methyl sites for hydroxylation is 2. The second-order valence-corrected chi connectivity index (χ2v) is 7.95. The minimum atomic E-state index is -3.81. The first kappa shape index (κ1) is 22.6. The fraction of sp³-hybridized carbons (Fsp3) is 0.143. The zero-order valence-corrected chi connectivity index (χ0v) is 15.3. The van der Waals surface area contributed by atoms with Crippen LogP contribution in [0.2, 0.25) is 0 Å². The molecule has 6 N–H and O–H groups in total. The van der Waals surface area contributed by atoms with Crippen LogP contribution in [0.1, 0.15) is 11.1 Å². The van der Waals surface area contributed by atoms with Crippen molar-refractivity contribution in [2.45, 2.75) is 13.8 Å². The molecule has 0 aliphatic rings. The van der Waals surface area contributed by atoms with Crippen LogP contribution in [0.4, 0.5) is 0 Å². The van der Waals surface area contributed by atoms with Crippen molar-refractivity contribution in [1.29, 1.82) is 0 Å². The Kier molecular flexibility index (Phi) is 8.97. The van der Waals surface area contributed by atoms with Crippen molar-refractivity contribution in [2.75, 3.05) is 0 Å². The quantitative estimate of drug-likeness (QED) is 0.324. The first-order valence-electron chi connectivity index (χ1n) is 6.30. The van der Waals surface area contributed by atoms with Gasteiger partial charge in [0.25, 0.3) is 0 Å². The predicted octanol–water partition coefficient (Wildman–Crippen LogP) is 0.717. The number of rotatable bonds is 2. The molecule has 0 spiro atoms. The number of benzene rings is 2. The van der Waals surface area contributed by atoms with Gasteiger partial charge in [0.1, 0.15) is 0 Å². The van der Waals surface area contributed by atoms with E-state index in [-0.39, 0.29) is 27.1 Å². The zero-order valence-electron chi connectivity index (χ0n) is 12.5. The van der Waals surface area contributed by atoms with E-state index in [4.69, 9.17) is 29.4 Å². The van der Waals surface area contributed by atoms with Gasteiger partial charge in [-0.05, 0) is 37.1 Å². The largest absolute Gasteiger partial charge is 0.441 e. The third kappa shape index (κ3) is 7.32. The van der Waals surface area contributed by atoms with E-state index >= 15 is 0 Å². The van der Waals surface area contributed by atoms with Gasteiger partial charge < -0.3 is 0 Å². The molecule has 0 radical (unpaired) electrons. The summed E-state index contributed by atoms with van der Waals surface area (Å²) < 4.78 is 0. The molecule has 0 fully saturated rings. The van der Waals surface area contributed by atoms with Crippen LogP contribution < -0.4 is 10.6 Å². The van der Waals surface area contributed by atoms with Gasteiger partial charge in [-0.1, -0.05) is 36.4 Å². The molecule has 2 rings (SSSR count). The first-order chi connectivity index (χ1) is 10.0.